The Hall–Kier alpha value is -3.27. The van der Waals surface area contributed by atoms with E-state index >= 15 is 0 Å². The lowest BCUT2D eigenvalue weighted by atomic mass is 10.1. The number of anilines is 1. The van der Waals surface area contributed by atoms with E-state index in [2.05, 4.69) is 5.32 Å². The van der Waals surface area contributed by atoms with E-state index in [0.29, 0.717) is 18.6 Å². The van der Waals surface area contributed by atoms with E-state index in [-0.39, 0.29) is 29.9 Å². The molecule has 0 aliphatic rings. The molecule has 1 N–H and O–H groups in total. The lowest BCUT2D eigenvalue weighted by Crippen LogP contribution is -2.54. The van der Waals surface area contributed by atoms with E-state index < -0.39 is 28.5 Å². The van der Waals surface area contributed by atoms with Crippen LogP contribution in [0.25, 0.3) is 0 Å². The summed E-state index contributed by atoms with van der Waals surface area (Å²) in [7, 11) is -1.01. The second-order valence-electron chi connectivity index (χ2n) is 8.72. The highest BCUT2D eigenvalue weighted by Crippen LogP contribution is 2.33. The molecule has 2 aromatic rings. The Morgan fingerprint density at radius 3 is 2.22 bits per heavy atom. The third-order valence-electron chi connectivity index (χ3n) is 5.63. The first-order valence-electron chi connectivity index (χ1n) is 11.8. The van der Waals surface area contributed by atoms with Gasteiger partial charge in [0.25, 0.3) is 0 Å². The van der Waals surface area contributed by atoms with Crippen molar-refractivity contribution in [1.82, 2.24) is 10.2 Å². The maximum absolute atomic E-state index is 13.7. The van der Waals surface area contributed by atoms with E-state index in [1.807, 2.05) is 51.1 Å². The number of rotatable bonds is 13. The molecule has 0 unspecified atom stereocenters. The van der Waals surface area contributed by atoms with Crippen molar-refractivity contribution in [2.75, 3.05) is 37.9 Å². The second-order valence-corrected chi connectivity index (χ2v) is 10.6. The third-order valence-corrected chi connectivity index (χ3v) is 6.76. The molecule has 0 fully saturated rings. The van der Waals surface area contributed by atoms with Crippen LogP contribution in [0.4, 0.5) is 5.69 Å². The Labute approximate surface area is 214 Å². The first-order valence-corrected chi connectivity index (χ1v) is 13.7. The fraction of sp³-hybridized carbons (Fsp3) is 0.462. The molecule has 0 saturated heterocycles. The Kier molecular flexibility index (Phi) is 10.6. The number of hydrogen-bond donors (Lipinski definition) is 1. The van der Waals surface area contributed by atoms with Gasteiger partial charge in [0.2, 0.25) is 21.8 Å². The number of nitrogens with zero attached hydrogens (tertiary/aromatic N) is 2. The molecule has 0 heterocycles. The molecule has 2 rings (SSSR count). The van der Waals surface area contributed by atoms with Crippen molar-refractivity contribution < 1.29 is 27.5 Å². The SMILES string of the molecule is CC[C@H](C(=O)NC(C)C)N(CCc1ccccc1)C(=O)CN(c1cc(OC)ccc1OC)S(C)(=O)=O. The topological polar surface area (TPSA) is 105 Å². The van der Waals surface area contributed by atoms with Crippen LogP contribution in [0.3, 0.4) is 0 Å². The molecule has 2 aromatic carbocycles. The average Bonchev–Trinajstić information content (AvgIpc) is 2.83. The van der Waals surface area contributed by atoms with Gasteiger partial charge in [0.05, 0.1) is 26.2 Å². The van der Waals surface area contributed by atoms with E-state index in [9.17, 15) is 18.0 Å². The number of carbonyl (C=O) groups excluding carboxylic acids is 2. The normalized spacial score (nSPS) is 12.1. The lowest BCUT2D eigenvalue weighted by Gasteiger charge is -2.33. The van der Waals surface area contributed by atoms with Gasteiger partial charge >= 0.3 is 0 Å². The number of hydrogen-bond acceptors (Lipinski definition) is 6. The van der Waals surface area contributed by atoms with Crippen molar-refractivity contribution in [3.63, 3.8) is 0 Å². The summed E-state index contributed by atoms with van der Waals surface area (Å²) in [6.07, 6.45) is 1.91. The fourth-order valence-corrected chi connectivity index (χ4v) is 4.71. The molecule has 0 saturated carbocycles. The minimum atomic E-state index is -3.89. The zero-order chi connectivity index (χ0) is 26.9. The van der Waals surface area contributed by atoms with Crippen LogP contribution in [0.2, 0.25) is 0 Å². The van der Waals surface area contributed by atoms with Gasteiger partial charge in [-0.25, -0.2) is 8.42 Å². The lowest BCUT2D eigenvalue weighted by molar-refractivity contribution is -0.139. The average molecular weight is 520 g/mol. The van der Waals surface area contributed by atoms with E-state index in [0.717, 1.165) is 16.1 Å². The van der Waals surface area contributed by atoms with Crippen molar-refractivity contribution in [3.05, 3.63) is 54.1 Å². The standard InChI is InChI=1S/C26H37N3O6S/c1-7-22(26(31)27-19(2)3)28(16-15-20-11-9-8-10-12-20)25(30)18-29(36(6,32)33)23-17-21(34-4)13-14-24(23)35-5/h8-14,17,19,22H,7,15-16,18H2,1-6H3,(H,27,31)/t22-/m1/s1. The van der Waals surface area contributed by atoms with Crippen LogP contribution >= 0.6 is 0 Å². The molecule has 1 atom stereocenters. The molecule has 0 aliphatic heterocycles. The predicted molar refractivity (Wildman–Crippen MR) is 141 cm³/mol. The molecule has 0 bridgehead atoms. The van der Waals surface area contributed by atoms with Crippen LogP contribution < -0.4 is 19.1 Å². The molecule has 0 radical (unpaired) electrons. The molecule has 198 valence electrons. The Morgan fingerprint density at radius 1 is 1.03 bits per heavy atom. The van der Waals surface area contributed by atoms with Crippen molar-refractivity contribution >= 4 is 27.5 Å². The smallest absolute Gasteiger partial charge is 0.244 e. The Bertz CT molecular complexity index is 1120. The molecule has 0 aliphatic carbocycles. The van der Waals surface area contributed by atoms with Gasteiger partial charge < -0.3 is 19.7 Å². The van der Waals surface area contributed by atoms with Gasteiger partial charge in [-0.05, 0) is 44.4 Å². The third kappa shape index (κ3) is 7.87. The molecule has 0 spiro atoms. The van der Waals surface area contributed by atoms with Crippen LogP contribution in [-0.2, 0) is 26.0 Å². The summed E-state index contributed by atoms with van der Waals surface area (Å²) in [5, 5.41) is 2.87. The molecule has 9 nitrogen and oxygen atoms in total. The Balaban J connectivity index is 2.45. The first kappa shape index (κ1) is 29.0. The van der Waals surface area contributed by atoms with Gasteiger partial charge in [0.15, 0.2) is 0 Å². The first-order chi connectivity index (χ1) is 17.0. The summed E-state index contributed by atoms with van der Waals surface area (Å²) in [6.45, 7) is 5.28. The molecule has 36 heavy (non-hydrogen) atoms. The molecule has 2 amide bonds. The number of sulfonamides is 1. The number of nitrogens with one attached hydrogen (secondary N) is 1. The number of amides is 2. The minimum Gasteiger partial charge on any atom is -0.497 e. The van der Waals surface area contributed by atoms with Gasteiger partial charge in [0.1, 0.15) is 24.1 Å². The molecular formula is C26H37N3O6S. The summed E-state index contributed by atoms with van der Waals surface area (Å²) in [5.74, 6) is -0.0872. The summed E-state index contributed by atoms with van der Waals surface area (Å²) < 4.78 is 37.3. The van der Waals surface area contributed by atoms with Gasteiger partial charge in [-0.2, -0.15) is 0 Å². The van der Waals surface area contributed by atoms with Crippen LogP contribution in [0.5, 0.6) is 11.5 Å². The highest BCUT2D eigenvalue weighted by molar-refractivity contribution is 7.92. The quantitative estimate of drug-likeness (QED) is 0.436. The fourth-order valence-electron chi connectivity index (χ4n) is 3.86. The number of benzene rings is 2. The second kappa shape index (κ2) is 13.2. The predicted octanol–water partition coefficient (Wildman–Crippen LogP) is 2.84. The van der Waals surface area contributed by atoms with Crippen molar-refractivity contribution in [1.29, 1.82) is 0 Å². The van der Waals surface area contributed by atoms with Crippen molar-refractivity contribution in [2.24, 2.45) is 0 Å². The summed E-state index contributed by atoms with van der Waals surface area (Å²) >= 11 is 0. The number of carbonyl (C=O) groups is 2. The number of ether oxygens (including phenoxy) is 2. The molecular weight excluding hydrogens is 482 g/mol. The summed E-state index contributed by atoms with van der Waals surface area (Å²) in [6, 6.07) is 13.5. The largest absolute Gasteiger partial charge is 0.497 e. The highest BCUT2D eigenvalue weighted by atomic mass is 32.2. The minimum absolute atomic E-state index is 0.105. The van der Waals surface area contributed by atoms with E-state index in [1.165, 1.54) is 25.2 Å². The van der Waals surface area contributed by atoms with Crippen molar-refractivity contribution in [3.8, 4) is 11.5 Å². The van der Waals surface area contributed by atoms with E-state index in [1.54, 1.807) is 12.1 Å². The summed E-state index contributed by atoms with van der Waals surface area (Å²) in [5.41, 5.74) is 1.18. The van der Waals surface area contributed by atoms with Crippen molar-refractivity contribution in [2.45, 2.75) is 45.7 Å². The van der Waals surface area contributed by atoms with Gasteiger partial charge in [0, 0.05) is 18.7 Å². The molecule has 0 aromatic heterocycles. The zero-order valence-electron chi connectivity index (χ0n) is 21.9. The number of methoxy groups -OCH3 is 2. The highest BCUT2D eigenvalue weighted by Gasteiger charge is 2.32. The zero-order valence-corrected chi connectivity index (χ0v) is 22.7. The van der Waals surface area contributed by atoms with Crippen LogP contribution in [0.15, 0.2) is 48.5 Å². The summed E-state index contributed by atoms with van der Waals surface area (Å²) in [4.78, 5) is 28.2. The van der Waals surface area contributed by atoms with Crippen LogP contribution in [0, 0.1) is 0 Å². The monoisotopic (exact) mass is 519 g/mol. The van der Waals surface area contributed by atoms with Crippen LogP contribution in [-0.4, -0.2) is 70.8 Å². The van der Waals surface area contributed by atoms with Gasteiger partial charge in [-0.1, -0.05) is 37.3 Å². The van der Waals surface area contributed by atoms with Gasteiger partial charge in [-0.15, -0.1) is 0 Å². The Morgan fingerprint density at radius 2 is 1.69 bits per heavy atom. The maximum atomic E-state index is 13.7. The van der Waals surface area contributed by atoms with E-state index in [4.69, 9.17) is 9.47 Å². The van der Waals surface area contributed by atoms with Crippen LogP contribution in [0.1, 0.15) is 32.8 Å². The van der Waals surface area contributed by atoms with Gasteiger partial charge in [-0.3, -0.25) is 13.9 Å². The molecule has 10 heteroatoms. The maximum Gasteiger partial charge on any atom is 0.244 e.